The van der Waals surface area contributed by atoms with Crippen LogP contribution in [0.2, 0.25) is 0 Å². The molecule has 1 aromatic heterocycles. The number of hydrogen-bond donors (Lipinski definition) is 0. The van der Waals surface area contributed by atoms with E-state index in [-0.39, 0.29) is 9.79 Å². The van der Waals surface area contributed by atoms with Crippen molar-refractivity contribution >= 4 is 30.9 Å². The number of benzene rings is 1. The molecule has 0 radical (unpaired) electrons. The molecule has 2 rings (SSSR count). The van der Waals surface area contributed by atoms with E-state index in [1.165, 1.54) is 52.6 Å². The van der Waals surface area contributed by atoms with Crippen LogP contribution in [0.15, 0.2) is 40.3 Å². The Labute approximate surface area is 130 Å². The van der Waals surface area contributed by atoms with Crippen molar-refractivity contribution in [3.63, 3.8) is 0 Å². The molecule has 7 nitrogen and oxygen atoms in total. The molecule has 0 aliphatic heterocycles. The second-order valence-corrected chi connectivity index (χ2v) is 9.40. The number of nitrogens with zero attached hydrogens (tertiary/aromatic N) is 3. The zero-order valence-electron chi connectivity index (χ0n) is 12.7. The number of sulfonamides is 2. The van der Waals surface area contributed by atoms with E-state index >= 15 is 0 Å². The molecule has 0 fully saturated rings. The molecule has 9 heteroatoms. The summed E-state index contributed by atoms with van der Waals surface area (Å²) < 4.78 is 50.7. The molecular formula is C13H17N3O4S2. The molecular weight excluding hydrogens is 326 g/mol. The lowest BCUT2D eigenvalue weighted by atomic mass is 10.2. The molecule has 0 saturated carbocycles. The van der Waals surface area contributed by atoms with Gasteiger partial charge in [-0.2, -0.15) is 0 Å². The van der Waals surface area contributed by atoms with Gasteiger partial charge < -0.3 is 0 Å². The number of rotatable bonds is 4. The van der Waals surface area contributed by atoms with E-state index in [2.05, 4.69) is 4.98 Å². The molecule has 0 unspecified atom stereocenters. The van der Waals surface area contributed by atoms with E-state index in [4.69, 9.17) is 0 Å². The molecule has 0 spiro atoms. The maximum Gasteiger partial charge on any atom is 0.244 e. The molecule has 0 amide bonds. The van der Waals surface area contributed by atoms with Gasteiger partial charge in [-0.3, -0.25) is 4.98 Å². The highest BCUT2D eigenvalue weighted by Crippen LogP contribution is 2.22. The molecule has 0 aliphatic rings. The van der Waals surface area contributed by atoms with Crippen molar-refractivity contribution in [2.45, 2.75) is 9.79 Å². The Bertz CT molecular complexity index is 847. The highest BCUT2D eigenvalue weighted by molar-refractivity contribution is 7.89. The third-order valence-corrected chi connectivity index (χ3v) is 6.78. The molecule has 0 atom stereocenters. The van der Waals surface area contributed by atoms with Crippen molar-refractivity contribution in [3.8, 4) is 0 Å². The first-order chi connectivity index (χ1) is 10.1. The third-order valence-electron chi connectivity index (χ3n) is 3.18. The maximum absolute atomic E-state index is 12.1. The summed E-state index contributed by atoms with van der Waals surface area (Å²) in [5.41, 5.74) is 0.524. The van der Waals surface area contributed by atoms with Crippen LogP contribution in [-0.4, -0.2) is 58.6 Å². The summed E-state index contributed by atoms with van der Waals surface area (Å²) in [6.45, 7) is 0. The number of fused-ring (bicyclic) bond motifs is 1. The van der Waals surface area contributed by atoms with Crippen molar-refractivity contribution in [2.24, 2.45) is 0 Å². The first-order valence-electron chi connectivity index (χ1n) is 6.31. The monoisotopic (exact) mass is 343 g/mol. The molecule has 1 heterocycles. The van der Waals surface area contributed by atoms with Gasteiger partial charge in [-0.1, -0.05) is 0 Å². The van der Waals surface area contributed by atoms with Crippen molar-refractivity contribution in [2.75, 3.05) is 28.2 Å². The van der Waals surface area contributed by atoms with E-state index in [1.807, 2.05) is 0 Å². The van der Waals surface area contributed by atoms with Crippen molar-refractivity contribution in [1.82, 2.24) is 13.6 Å². The molecule has 2 aromatic rings. The van der Waals surface area contributed by atoms with Gasteiger partial charge in [-0.15, -0.1) is 0 Å². The molecule has 0 aliphatic carbocycles. The van der Waals surface area contributed by atoms with E-state index in [0.717, 1.165) is 8.61 Å². The predicted molar refractivity (Wildman–Crippen MR) is 83.5 cm³/mol. The highest BCUT2D eigenvalue weighted by atomic mass is 32.2. The molecule has 22 heavy (non-hydrogen) atoms. The van der Waals surface area contributed by atoms with Crippen LogP contribution < -0.4 is 0 Å². The highest BCUT2D eigenvalue weighted by Gasteiger charge is 2.20. The number of pyridine rings is 1. The maximum atomic E-state index is 12.1. The number of aromatic nitrogens is 1. The van der Waals surface area contributed by atoms with Crippen LogP contribution in [0, 0.1) is 0 Å². The Balaban J connectivity index is 2.67. The molecule has 1 aromatic carbocycles. The molecule has 0 bridgehead atoms. The van der Waals surface area contributed by atoms with Gasteiger partial charge in [0.15, 0.2) is 0 Å². The van der Waals surface area contributed by atoms with Gasteiger partial charge in [-0.05, 0) is 24.3 Å². The summed E-state index contributed by atoms with van der Waals surface area (Å²) in [4.78, 5) is 4.19. The Morgan fingerprint density at radius 1 is 0.818 bits per heavy atom. The Hall–Kier alpha value is -1.55. The molecule has 120 valence electrons. The third kappa shape index (κ3) is 2.84. The predicted octanol–water partition coefficient (Wildman–Crippen LogP) is 0.735. The van der Waals surface area contributed by atoms with Gasteiger partial charge in [0, 0.05) is 39.8 Å². The van der Waals surface area contributed by atoms with Gasteiger partial charge >= 0.3 is 0 Å². The van der Waals surface area contributed by atoms with E-state index in [0.29, 0.717) is 10.9 Å². The lowest BCUT2D eigenvalue weighted by Gasteiger charge is -2.13. The second kappa shape index (κ2) is 5.58. The lowest BCUT2D eigenvalue weighted by Crippen LogP contribution is -2.22. The van der Waals surface area contributed by atoms with Crippen LogP contribution in [0.1, 0.15) is 0 Å². The summed E-state index contributed by atoms with van der Waals surface area (Å²) in [6.07, 6.45) is 1.26. The fourth-order valence-electron chi connectivity index (χ4n) is 1.81. The van der Waals surface area contributed by atoms with Gasteiger partial charge in [0.2, 0.25) is 20.0 Å². The van der Waals surface area contributed by atoms with E-state index in [9.17, 15) is 16.8 Å². The normalized spacial score (nSPS) is 13.2. The molecule has 0 saturated heterocycles. The SMILES string of the molecule is CN(C)S(=O)(=O)c1ccc2ncc(S(=O)(=O)N(C)C)cc2c1. The summed E-state index contributed by atoms with van der Waals surface area (Å²) in [6, 6.07) is 5.85. The summed E-state index contributed by atoms with van der Waals surface area (Å²) >= 11 is 0. The number of hydrogen-bond acceptors (Lipinski definition) is 5. The minimum atomic E-state index is -3.62. The lowest BCUT2D eigenvalue weighted by molar-refractivity contribution is 0.520. The van der Waals surface area contributed by atoms with Gasteiger partial charge in [-0.25, -0.2) is 25.4 Å². The van der Waals surface area contributed by atoms with Crippen LogP contribution in [0.4, 0.5) is 0 Å². The first-order valence-corrected chi connectivity index (χ1v) is 9.19. The quantitative estimate of drug-likeness (QED) is 0.817. The second-order valence-electron chi connectivity index (χ2n) is 5.10. The fraction of sp³-hybridized carbons (Fsp3) is 0.308. The van der Waals surface area contributed by atoms with E-state index in [1.54, 1.807) is 6.07 Å². The van der Waals surface area contributed by atoms with Gasteiger partial charge in [0.05, 0.1) is 10.4 Å². The zero-order valence-corrected chi connectivity index (χ0v) is 14.3. The van der Waals surface area contributed by atoms with Crippen molar-refractivity contribution < 1.29 is 16.8 Å². The Kier molecular flexibility index (Phi) is 4.26. The zero-order chi connectivity index (χ0) is 16.7. The first kappa shape index (κ1) is 16.8. The van der Waals surface area contributed by atoms with Crippen LogP contribution in [-0.2, 0) is 20.0 Å². The minimum absolute atomic E-state index is 0.0180. The topological polar surface area (TPSA) is 87.6 Å². The van der Waals surface area contributed by atoms with Crippen LogP contribution in [0.25, 0.3) is 10.9 Å². The van der Waals surface area contributed by atoms with Crippen LogP contribution >= 0.6 is 0 Å². The van der Waals surface area contributed by atoms with Crippen molar-refractivity contribution in [1.29, 1.82) is 0 Å². The largest absolute Gasteiger partial charge is 0.255 e. The molecule has 0 N–H and O–H groups in total. The summed E-state index contributed by atoms with van der Waals surface area (Å²) in [5, 5.41) is 0.450. The standard InChI is InChI=1S/C13H17N3O4S2/c1-15(2)21(17,18)11-5-6-13-10(7-11)8-12(9-14-13)22(19,20)16(3)4/h5-9H,1-4H3. The smallest absolute Gasteiger partial charge is 0.244 e. The minimum Gasteiger partial charge on any atom is -0.255 e. The average molecular weight is 343 g/mol. The van der Waals surface area contributed by atoms with Gasteiger partial charge in [0.25, 0.3) is 0 Å². The van der Waals surface area contributed by atoms with Crippen LogP contribution in [0.5, 0.6) is 0 Å². The Morgan fingerprint density at radius 3 is 1.86 bits per heavy atom. The summed E-state index contributed by atoms with van der Waals surface area (Å²) in [7, 11) is -1.49. The van der Waals surface area contributed by atoms with Crippen LogP contribution in [0.3, 0.4) is 0 Å². The van der Waals surface area contributed by atoms with Crippen molar-refractivity contribution in [3.05, 3.63) is 30.5 Å². The Morgan fingerprint density at radius 2 is 1.32 bits per heavy atom. The van der Waals surface area contributed by atoms with E-state index < -0.39 is 20.0 Å². The fourth-order valence-corrected chi connectivity index (χ4v) is 3.63. The summed E-state index contributed by atoms with van der Waals surface area (Å²) in [5.74, 6) is 0. The average Bonchev–Trinajstić information content (AvgIpc) is 2.45. The van der Waals surface area contributed by atoms with Gasteiger partial charge in [0.1, 0.15) is 4.90 Å².